The number of alkyl halides is 2. The molecule has 5 heterocycles. The number of aromatic nitrogens is 5. The Hall–Kier alpha value is -3.48. The van der Waals surface area contributed by atoms with Crippen LogP contribution in [0.3, 0.4) is 0 Å². The number of aliphatic hydroxyl groups is 1. The number of fused-ring (bicyclic) bond motifs is 1. The van der Waals surface area contributed by atoms with Crippen molar-refractivity contribution in [2.75, 3.05) is 6.54 Å². The molecule has 0 unspecified atom stereocenters. The van der Waals surface area contributed by atoms with Crippen LogP contribution in [-0.2, 0) is 6.54 Å². The molecule has 0 spiro atoms. The Morgan fingerprint density at radius 3 is 2.76 bits per heavy atom. The van der Waals surface area contributed by atoms with Crippen molar-refractivity contribution >= 4 is 34.3 Å². The van der Waals surface area contributed by atoms with Crippen molar-refractivity contribution in [3.05, 3.63) is 93.3 Å². The zero-order valence-electron chi connectivity index (χ0n) is 19.0. The van der Waals surface area contributed by atoms with Gasteiger partial charge in [-0.3, -0.25) is 9.67 Å². The Labute approximate surface area is 218 Å². The summed E-state index contributed by atoms with van der Waals surface area (Å²) in [6.45, 7) is -2.46. The van der Waals surface area contributed by atoms with E-state index in [2.05, 4.69) is 15.2 Å². The van der Waals surface area contributed by atoms with Crippen LogP contribution in [0, 0.1) is 5.82 Å². The molecule has 0 bridgehead atoms. The van der Waals surface area contributed by atoms with Crippen LogP contribution in [0.15, 0.2) is 71.2 Å². The molecule has 190 valence electrons. The van der Waals surface area contributed by atoms with Gasteiger partial charge in [-0.15, -0.1) is 11.3 Å². The van der Waals surface area contributed by atoms with Crippen molar-refractivity contribution < 1.29 is 18.3 Å². The minimum absolute atomic E-state index is 0.136. The van der Waals surface area contributed by atoms with Gasteiger partial charge in [-0.05, 0) is 24.3 Å². The molecule has 1 fully saturated rings. The Morgan fingerprint density at radius 2 is 2.08 bits per heavy atom. The Morgan fingerprint density at radius 1 is 1.22 bits per heavy atom. The van der Waals surface area contributed by atoms with E-state index in [1.165, 1.54) is 41.8 Å². The monoisotopic (exact) mass is 545 g/mol. The van der Waals surface area contributed by atoms with E-state index in [1.54, 1.807) is 29.3 Å². The topological polar surface area (TPSA) is 84.4 Å². The second-order valence-electron chi connectivity index (χ2n) is 8.87. The molecule has 4 aromatic rings. The van der Waals surface area contributed by atoms with Crippen LogP contribution >= 0.6 is 22.9 Å². The second-order valence-corrected chi connectivity index (χ2v) is 10.2. The highest BCUT2D eigenvalue weighted by Gasteiger charge is 2.47. The van der Waals surface area contributed by atoms with E-state index in [0.29, 0.717) is 32.4 Å². The third-order valence-electron chi connectivity index (χ3n) is 6.35. The summed E-state index contributed by atoms with van der Waals surface area (Å²) in [5.41, 5.74) is 0.644. The summed E-state index contributed by atoms with van der Waals surface area (Å²) in [6, 6.07) is 6.43. The maximum atomic E-state index is 13.9. The van der Waals surface area contributed by atoms with E-state index in [9.17, 15) is 18.3 Å². The molecule has 1 saturated heterocycles. The van der Waals surface area contributed by atoms with Gasteiger partial charge in [0, 0.05) is 58.4 Å². The normalized spacial score (nSPS) is 21.6. The molecule has 2 aliphatic heterocycles. The van der Waals surface area contributed by atoms with Crippen LogP contribution < -0.4 is 0 Å². The molecular weight excluding hydrogens is 527 g/mol. The number of aliphatic imine (C=N–C) groups is 1. The van der Waals surface area contributed by atoms with Crippen LogP contribution in [0.1, 0.15) is 35.3 Å². The van der Waals surface area contributed by atoms with Gasteiger partial charge in [-0.25, -0.2) is 14.1 Å². The van der Waals surface area contributed by atoms with Gasteiger partial charge in [-0.1, -0.05) is 17.7 Å². The Kier molecular flexibility index (Phi) is 5.89. The van der Waals surface area contributed by atoms with Crippen molar-refractivity contribution in [1.82, 2.24) is 29.4 Å². The summed E-state index contributed by atoms with van der Waals surface area (Å²) >= 11 is 7.85. The predicted molar refractivity (Wildman–Crippen MR) is 132 cm³/mol. The van der Waals surface area contributed by atoms with Crippen molar-refractivity contribution in [1.29, 1.82) is 0 Å². The van der Waals surface area contributed by atoms with E-state index >= 15 is 0 Å². The number of benzene rings is 1. The molecule has 1 N–H and O–H groups in total. The molecule has 13 heteroatoms. The van der Waals surface area contributed by atoms with Crippen LogP contribution in [0.4, 0.5) is 13.2 Å². The molecular formula is C24H19ClF3N7OS. The van der Waals surface area contributed by atoms with Gasteiger partial charge in [0.1, 0.15) is 17.5 Å². The van der Waals surface area contributed by atoms with Crippen LogP contribution in [0.5, 0.6) is 0 Å². The van der Waals surface area contributed by atoms with Crippen molar-refractivity contribution in [2.45, 2.75) is 31.2 Å². The lowest BCUT2D eigenvalue weighted by Crippen LogP contribution is -2.40. The molecule has 2 atom stereocenters. The summed E-state index contributed by atoms with van der Waals surface area (Å²) < 4.78 is 43.0. The Balaban J connectivity index is 1.55. The molecule has 8 nitrogen and oxygen atoms in total. The van der Waals surface area contributed by atoms with Gasteiger partial charge < -0.3 is 10.0 Å². The molecule has 1 aromatic carbocycles. The first-order valence-electron chi connectivity index (χ1n) is 11.3. The lowest BCUT2D eigenvalue weighted by Gasteiger charge is -2.32. The predicted octanol–water partition coefficient (Wildman–Crippen LogP) is 4.77. The zero-order valence-corrected chi connectivity index (χ0v) is 20.6. The quantitative estimate of drug-likeness (QED) is 0.377. The number of rotatable bonds is 6. The first-order valence-corrected chi connectivity index (χ1v) is 12.5. The number of thiazole rings is 1. The largest absolute Gasteiger partial charge is 0.386 e. The fourth-order valence-electron chi connectivity index (χ4n) is 4.84. The molecule has 0 aliphatic carbocycles. The fraction of sp³-hybridized carbons (Fsp3) is 0.250. The molecule has 6 rings (SSSR count). The van der Waals surface area contributed by atoms with E-state index in [-0.39, 0.29) is 30.2 Å². The number of nitrogens with zero attached hydrogens (tertiary/aromatic N) is 7. The number of halogens is 4. The van der Waals surface area contributed by atoms with Crippen molar-refractivity contribution in [3.63, 3.8) is 0 Å². The minimum atomic E-state index is -2.83. The van der Waals surface area contributed by atoms with Gasteiger partial charge in [0.25, 0.3) is 0 Å². The highest BCUT2D eigenvalue weighted by molar-refractivity contribution is 7.11. The summed E-state index contributed by atoms with van der Waals surface area (Å²) in [7, 11) is 0. The third-order valence-corrected chi connectivity index (χ3v) is 7.44. The summed E-state index contributed by atoms with van der Waals surface area (Å²) in [6.07, 6.45) is 6.39. The SMILES string of the molecule is O[C@]1(Cn2cccn2)CC2=C(c3ccn(C(F)F)n3)[C@H](c3ccc(F)cc3Cl)N=C(c3nccs3)N2C1. The first-order chi connectivity index (χ1) is 17.8. The summed E-state index contributed by atoms with van der Waals surface area (Å²) in [5.74, 6) is -0.00946. The van der Waals surface area contributed by atoms with Crippen LogP contribution in [0.2, 0.25) is 5.02 Å². The van der Waals surface area contributed by atoms with Gasteiger partial charge in [0.15, 0.2) is 10.8 Å². The molecule has 0 radical (unpaired) electrons. The number of hydrogen-bond acceptors (Lipinski definition) is 7. The van der Waals surface area contributed by atoms with E-state index in [1.807, 2.05) is 10.3 Å². The lowest BCUT2D eigenvalue weighted by atomic mass is 9.91. The fourth-order valence-corrected chi connectivity index (χ4v) is 5.75. The average Bonchev–Trinajstić information content (AvgIpc) is 3.65. The van der Waals surface area contributed by atoms with E-state index < -0.39 is 24.0 Å². The first kappa shape index (κ1) is 23.9. The second kappa shape index (κ2) is 9.12. The van der Waals surface area contributed by atoms with E-state index in [4.69, 9.17) is 16.6 Å². The van der Waals surface area contributed by atoms with Gasteiger partial charge in [0.2, 0.25) is 0 Å². The van der Waals surface area contributed by atoms with Crippen molar-refractivity contribution in [3.8, 4) is 0 Å². The highest BCUT2D eigenvalue weighted by atomic mass is 35.5. The van der Waals surface area contributed by atoms with Gasteiger partial charge in [-0.2, -0.15) is 19.0 Å². The summed E-state index contributed by atoms with van der Waals surface area (Å²) in [5, 5.41) is 22.6. The molecule has 37 heavy (non-hydrogen) atoms. The van der Waals surface area contributed by atoms with Gasteiger partial charge in [0.05, 0.1) is 18.8 Å². The minimum Gasteiger partial charge on any atom is -0.386 e. The smallest absolute Gasteiger partial charge is 0.333 e. The van der Waals surface area contributed by atoms with Gasteiger partial charge >= 0.3 is 6.55 Å². The average molecular weight is 546 g/mol. The number of amidine groups is 1. The highest BCUT2D eigenvalue weighted by Crippen LogP contribution is 2.48. The molecule has 0 saturated carbocycles. The summed E-state index contributed by atoms with van der Waals surface area (Å²) in [4.78, 5) is 11.2. The molecule has 3 aromatic heterocycles. The maximum Gasteiger partial charge on any atom is 0.333 e. The maximum absolute atomic E-state index is 13.9. The standard InChI is InChI=1S/C24H19ClF3N7OS/c25-16-10-14(26)2-3-15(16)20-19(17-4-8-35(32-17)23(27)28)18-11-24(36,12-33-7-1-5-30-33)13-34(18)21(31-20)22-29-6-9-37-22/h1-10,20,23,36H,11-13H2/t20-,24-/m0/s1. The van der Waals surface area contributed by atoms with Crippen LogP contribution in [0.25, 0.3) is 5.57 Å². The van der Waals surface area contributed by atoms with E-state index in [0.717, 1.165) is 0 Å². The van der Waals surface area contributed by atoms with Crippen LogP contribution in [-0.4, -0.2) is 52.5 Å². The Bertz CT molecular complexity index is 1500. The third kappa shape index (κ3) is 4.34. The zero-order chi connectivity index (χ0) is 25.7. The molecule has 2 aliphatic rings. The molecule has 0 amide bonds. The number of hydrogen-bond donors (Lipinski definition) is 1. The lowest BCUT2D eigenvalue weighted by molar-refractivity contribution is 0.0345. The van der Waals surface area contributed by atoms with Crippen molar-refractivity contribution in [2.24, 2.45) is 4.99 Å².